The molecule has 7 nitrogen and oxygen atoms in total. The van der Waals surface area contributed by atoms with Crippen molar-refractivity contribution in [3.63, 3.8) is 0 Å². The monoisotopic (exact) mass is 509 g/mol. The molecule has 5 rings (SSSR count). The molecule has 1 aromatic heterocycles. The summed E-state index contributed by atoms with van der Waals surface area (Å²) >= 11 is 7.69. The predicted molar refractivity (Wildman–Crippen MR) is 137 cm³/mol. The number of nitrogens with one attached hydrogen (secondary N) is 2. The molecule has 1 unspecified atom stereocenters. The highest BCUT2D eigenvalue weighted by atomic mass is 35.5. The molecule has 2 aliphatic rings. The number of methoxy groups -OCH3 is 2. The van der Waals surface area contributed by atoms with Crippen LogP contribution in [0.15, 0.2) is 63.7 Å². The molecule has 2 heterocycles. The summed E-state index contributed by atoms with van der Waals surface area (Å²) in [5.74, 6) is 1.61. The lowest BCUT2D eigenvalue weighted by Gasteiger charge is -2.33. The van der Waals surface area contributed by atoms with Crippen molar-refractivity contribution in [1.82, 2.24) is 9.97 Å². The van der Waals surface area contributed by atoms with Gasteiger partial charge in [-0.3, -0.25) is 9.59 Å². The molecule has 1 aliphatic heterocycles. The van der Waals surface area contributed by atoms with Crippen LogP contribution in [0, 0.1) is 0 Å². The fourth-order valence-electron chi connectivity index (χ4n) is 4.65. The number of carbonyl (C=O) groups excluding carboxylic acids is 1. The number of hydrogen-bond acceptors (Lipinski definition) is 7. The highest BCUT2D eigenvalue weighted by molar-refractivity contribution is 7.98. The minimum Gasteiger partial charge on any atom is -0.497 e. The number of carbonyl (C=O) groups is 1. The summed E-state index contributed by atoms with van der Waals surface area (Å²) in [6.07, 6.45) is 1.90. The van der Waals surface area contributed by atoms with Gasteiger partial charge >= 0.3 is 0 Å². The van der Waals surface area contributed by atoms with Crippen molar-refractivity contribution < 1.29 is 14.3 Å². The number of Topliss-reactive ketones (excluding diaryl/α,β-unsaturated/α-hetero) is 1. The van der Waals surface area contributed by atoms with Crippen molar-refractivity contribution in [3.05, 3.63) is 85.8 Å². The van der Waals surface area contributed by atoms with Crippen LogP contribution in [0.2, 0.25) is 5.02 Å². The van der Waals surface area contributed by atoms with Gasteiger partial charge in [0, 0.05) is 34.0 Å². The van der Waals surface area contributed by atoms with E-state index in [-0.39, 0.29) is 11.3 Å². The molecule has 0 amide bonds. The number of nitrogens with zero attached hydrogens (tertiary/aromatic N) is 1. The number of halogens is 1. The van der Waals surface area contributed by atoms with Gasteiger partial charge in [-0.2, -0.15) is 0 Å². The summed E-state index contributed by atoms with van der Waals surface area (Å²) in [4.78, 5) is 34.3. The summed E-state index contributed by atoms with van der Waals surface area (Å²) in [6, 6.07) is 13.0. The maximum atomic E-state index is 13.5. The van der Waals surface area contributed by atoms with E-state index in [1.807, 2.05) is 30.3 Å². The predicted octanol–water partition coefficient (Wildman–Crippen LogP) is 5.30. The van der Waals surface area contributed by atoms with Gasteiger partial charge in [0.1, 0.15) is 17.3 Å². The van der Waals surface area contributed by atoms with E-state index >= 15 is 0 Å². The quantitative estimate of drug-likeness (QED) is 0.344. The largest absolute Gasteiger partial charge is 0.497 e. The van der Waals surface area contributed by atoms with E-state index in [0.29, 0.717) is 62.8 Å². The number of ether oxygens (including phenoxy) is 2. The summed E-state index contributed by atoms with van der Waals surface area (Å²) in [6.45, 7) is 0. The molecule has 1 atom stereocenters. The third kappa shape index (κ3) is 4.44. The Morgan fingerprint density at radius 2 is 1.94 bits per heavy atom. The van der Waals surface area contributed by atoms with Crippen LogP contribution >= 0.6 is 23.4 Å². The molecular formula is C26H24ClN3O4S. The molecule has 3 aromatic rings. The molecule has 2 N–H and O–H groups in total. The average molecular weight is 510 g/mol. The molecule has 0 fully saturated rings. The first-order chi connectivity index (χ1) is 17.0. The number of fused-ring (bicyclic) bond motifs is 1. The van der Waals surface area contributed by atoms with Crippen molar-refractivity contribution in [2.24, 2.45) is 0 Å². The summed E-state index contributed by atoms with van der Waals surface area (Å²) in [5, 5.41) is 4.44. The second kappa shape index (κ2) is 9.79. The van der Waals surface area contributed by atoms with E-state index in [9.17, 15) is 9.59 Å². The zero-order chi connectivity index (χ0) is 24.5. The molecule has 180 valence electrons. The van der Waals surface area contributed by atoms with Crippen molar-refractivity contribution in [1.29, 1.82) is 0 Å². The number of ketones is 1. The van der Waals surface area contributed by atoms with E-state index in [2.05, 4.69) is 10.3 Å². The molecule has 0 radical (unpaired) electrons. The standard InChI is InChI=1S/C26H24ClN3O4S/c1-33-15-10-11-20(34-2)16(12-15)21-22-18(8-5-9-19(22)31)28-24-23(21)25(32)30-26(29-24)35-13-14-6-3-4-7-17(14)27/h3-4,6-7,10-12,21H,5,8-9,13H2,1-2H3,(H2,28,29,30,32). The van der Waals surface area contributed by atoms with Gasteiger partial charge in [0.05, 0.1) is 25.7 Å². The lowest BCUT2D eigenvalue weighted by molar-refractivity contribution is -0.116. The minimum absolute atomic E-state index is 0.0239. The maximum Gasteiger partial charge on any atom is 0.257 e. The molecule has 0 saturated carbocycles. The number of aromatic nitrogens is 2. The zero-order valence-corrected chi connectivity index (χ0v) is 20.9. The van der Waals surface area contributed by atoms with Gasteiger partial charge in [0.15, 0.2) is 10.9 Å². The molecule has 9 heteroatoms. The smallest absolute Gasteiger partial charge is 0.257 e. The molecule has 0 spiro atoms. The van der Waals surface area contributed by atoms with Gasteiger partial charge < -0.3 is 19.8 Å². The molecule has 1 aliphatic carbocycles. The summed E-state index contributed by atoms with van der Waals surface area (Å²) < 4.78 is 11.1. The van der Waals surface area contributed by atoms with E-state index in [1.54, 1.807) is 26.4 Å². The second-order valence-corrected chi connectivity index (χ2v) is 9.72. The Labute approximate surface area is 211 Å². The van der Waals surface area contributed by atoms with Crippen LogP contribution < -0.4 is 20.3 Å². The maximum absolute atomic E-state index is 13.5. The van der Waals surface area contributed by atoms with Crippen LogP contribution in [-0.4, -0.2) is 30.0 Å². The van der Waals surface area contributed by atoms with E-state index in [0.717, 1.165) is 17.7 Å². The van der Waals surface area contributed by atoms with Crippen LogP contribution in [0.25, 0.3) is 0 Å². The first-order valence-electron chi connectivity index (χ1n) is 11.3. The van der Waals surface area contributed by atoms with Crippen LogP contribution in [0.1, 0.15) is 41.9 Å². The first-order valence-corrected chi connectivity index (χ1v) is 12.6. The molecular weight excluding hydrogens is 486 g/mol. The van der Waals surface area contributed by atoms with Crippen LogP contribution in [-0.2, 0) is 10.5 Å². The second-order valence-electron chi connectivity index (χ2n) is 8.35. The van der Waals surface area contributed by atoms with Gasteiger partial charge in [-0.15, -0.1) is 0 Å². The SMILES string of the molecule is COc1ccc(OC)c(C2C3=C(CCCC3=O)Nc3nc(SCc4ccccc4Cl)[nH]c(=O)c32)c1. The zero-order valence-electron chi connectivity index (χ0n) is 19.3. The van der Waals surface area contributed by atoms with Gasteiger partial charge in [-0.05, 0) is 42.7 Å². The fourth-order valence-corrected chi connectivity index (χ4v) is 5.79. The van der Waals surface area contributed by atoms with Gasteiger partial charge in [0.2, 0.25) is 0 Å². The van der Waals surface area contributed by atoms with Crippen LogP contribution in [0.3, 0.4) is 0 Å². The number of thioether (sulfide) groups is 1. The van der Waals surface area contributed by atoms with E-state index in [4.69, 9.17) is 26.1 Å². The number of hydrogen-bond donors (Lipinski definition) is 2. The number of anilines is 1. The third-order valence-corrected chi connectivity index (χ3v) is 7.60. The van der Waals surface area contributed by atoms with Crippen molar-refractivity contribution in [2.45, 2.75) is 36.1 Å². The van der Waals surface area contributed by atoms with Crippen LogP contribution in [0.5, 0.6) is 11.5 Å². The Bertz CT molecular complexity index is 1400. The molecule has 2 aromatic carbocycles. The number of rotatable bonds is 6. The number of benzene rings is 2. The third-order valence-electron chi connectivity index (χ3n) is 6.31. The Balaban J connectivity index is 1.62. The number of H-pyrrole nitrogens is 1. The Morgan fingerprint density at radius 1 is 1.11 bits per heavy atom. The van der Waals surface area contributed by atoms with Gasteiger partial charge in [-0.25, -0.2) is 4.98 Å². The number of aromatic amines is 1. The average Bonchev–Trinajstić information content (AvgIpc) is 2.86. The molecule has 0 saturated heterocycles. The lowest BCUT2D eigenvalue weighted by Crippen LogP contribution is -2.33. The van der Waals surface area contributed by atoms with Gasteiger partial charge in [0.25, 0.3) is 5.56 Å². The Kier molecular flexibility index (Phi) is 6.58. The highest BCUT2D eigenvalue weighted by Crippen LogP contribution is 2.46. The van der Waals surface area contributed by atoms with Crippen LogP contribution in [0.4, 0.5) is 5.82 Å². The molecule has 0 bridgehead atoms. The van der Waals surface area contributed by atoms with Crippen molar-refractivity contribution in [3.8, 4) is 11.5 Å². The normalized spacial score (nSPS) is 16.9. The van der Waals surface area contributed by atoms with Crippen molar-refractivity contribution in [2.75, 3.05) is 19.5 Å². The number of allylic oxidation sites excluding steroid dienone is 2. The van der Waals surface area contributed by atoms with Crippen molar-refractivity contribution >= 4 is 35.0 Å². The Hall–Kier alpha value is -3.23. The fraction of sp³-hybridized carbons (Fsp3) is 0.269. The van der Waals surface area contributed by atoms with E-state index < -0.39 is 5.92 Å². The first kappa shape index (κ1) is 23.5. The van der Waals surface area contributed by atoms with Gasteiger partial charge in [-0.1, -0.05) is 41.6 Å². The highest BCUT2D eigenvalue weighted by Gasteiger charge is 2.39. The summed E-state index contributed by atoms with van der Waals surface area (Å²) in [5.41, 5.74) is 3.15. The summed E-state index contributed by atoms with van der Waals surface area (Å²) in [7, 11) is 3.15. The topological polar surface area (TPSA) is 93.3 Å². The molecule has 35 heavy (non-hydrogen) atoms. The lowest BCUT2D eigenvalue weighted by atomic mass is 9.76. The van der Waals surface area contributed by atoms with E-state index in [1.165, 1.54) is 11.8 Å². The Morgan fingerprint density at radius 3 is 2.71 bits per heavy atom. The minimum atomic E-state index is -0.613.